The molecule has 3 N–H and O–H groups in total. The molecule has 18 heavy (non-hydrogen) atoms. The molecule has 0 spiro atoms. The highest BCUT2D eigenvalue weighted by Gasteiger charge is 2.30. The molecule has 0 aliphatic rings. The fraction of sp³-hybridized carbons (Fsp3) is 0.538. The first-order valence-corrected chi connectivity index (χ1v) is 6.10. The molecule has 0 radical (unpaired) electrons. The zero-order valence-electron chi connectivity index (χ0n) is 10.4. The summed E-state index contributed by atoms with van der Waals surface area (Å²) in [7, 11) is 0. The summed E-state index contributed by atoms with van der Waals surface area (Å²) in [5.74, 6) is 0. The Kier molecular flexibility index (Phi) is 5.47. The van der Waals surface area contributed by atoms with Crippen LogP contribution in [0.3, 0.4) is 0 Å². The van der Waals surface area contributed by atoms with Crippen LogP contribution in [0.5, 0.6) is 0 Å². The van der Waals surface area contributed by atoms with Gasteiger partial charge in [-0.3, -0.25) is 0 Å². The molecular weight excluding hydrogens is 241 g/mol. The number of alkyl halides is 3. The van der Waals surface area contributed by atoms with Crippen molar-refractivity contribution in [1.82, 2.24) is 0 Å². The summed E-state index contributed by atoms with van der Waals surface area (Å²) in [6.45, 7) is 2.56. The van der Waals surface area contributed by atoms with E-state index in [1.54, 1.807) is 6.07 Å². The van der Waals surface area contributed by atoms with E-state index in [0.717, 1.165) is 31.4 Å². The Morgan fingerprint density at radius 2 is 2.06 bits per heavy atom. The number of benzene rings is 1. The van der Waals surface area contributed by atoms with E-state index in [0.29, 0.717) is 12.2 Å². The predicted molar refractivity (Wildman–Crippen MR) is 67.4 cm³/mol. The zero-order valence-corrected chi connectivity index (χ0v) is 10.4. The van der Waals surface area contributed by atoms with Crippen molar-refractivity contribution in [1.29, 1.82) is 0 Å². The van der Waals surface area contributed by atoms with Crippen LogP contribution in [0.2, 0.25) is 0 Å². The van der Waals surface area contributed by atoms with Crippen LogP contribution in [0, 0.1) is 0 Å². The Morgan fingerprint density at radius 1 is 1.33 bits per heavy atom. The first kappa shape index (κ1) is 14.8. The molecule has 0 amide bonds. The van der Waals surface area contributed by atoms with E-state index in [1.807, 2.05) is 0 Å². The van der Waals surface area contributed by atoms with Gasteiger partial charge in [0.05, 0.1) is 5.56 Å². The summed E-state index contributed by atoms with van der Waals surface area (Å²) < 4.78 is 37.4. The first-order chi connectivity index (χ1) is 8.43. The number of nitrogens with one attached hydrogen (secondary N) is 1. The highest BCUT2D eigenvalue weighted by molar-refractivity contribution is 5.46. The van der Waals surface area contributed by atoms with E-state index in [4.69, 9.17) is 5.73 Å². The second-order valence-electron chi connectivity index (χ2n) is 4.36. The van der Waals surface area contributed by atoms with Crippen molar-refractivity contribution in [2.45, 2.75) is 38.4 Å². The van der Waals surface area contributed by atoms with Gasteiger partial charge in [0.2, 0.25) is 0 Å². The average molecular weight is 260 g/mol. The van der Waals surface area contributed by atoms with Crippen molar-refractivity contribution in [2.75, 3.05) is 11.9 Å². The highest BCUT2D eigenvalue weighted by atomic mass is 19.4. The van der Waals surface area contributed by atoms with Gasteiger partial charge < -0.3 is 11.1 Å². The topological polar surface area (TPSA) is 38.0 Å². The van der Waals surface area contributed by atoms with Gasteiger partial charge in [0.15, 0.2) is 0 Å². The van der Waals surface area contributed by atoms with Gasteiger partial charge in [0.25, 0.3) is 0 Å². The molecular formula is C13H19F3N2. The average Bonchev–Trinajstić information content (AvgIpc) is 2.33. The van der Waals surface area contributed by atoms with Crippen molar-refractivity contribution >= 4 is 5.69 Å². The second kappa shape index (κ2) is 6.64. The lowest BCUT2D eigenvalue weighted by Gasteiger charge is -2.14. The Labute approximate surface area is 105 Å². The van der Waals surface area contributed by atoms with Crippen molar-refractivity contribution < 1.29 is 13.2 Å². The molecule has 1 rings (SSSR count). The lowest BCUT2D eigenvalue weighted by atomic mass is 10.1. The Bertz CT molecular complexity index is 363. The fourth-order valence-electron chi connectivity index (χ4n) is 1.62. The van der Waals surface area contributed by atoms with Gasteiger partial charge in [-0.15, -0.1) is 0 Å². The number of hydrogen-bond acceptors (Lipinski definition) is 2. The molecule has 1 unspecified atom stereocenters. The van der Waals surface area contributed by atoms with Crippen LogP contribution >= 0.6 is 0 Å². The summed E-state index contributed by atoms with van der Waals surface area (Å²) in [6.07, 6.45) is -1.33. The van der Waals surface area contributed by atoms with Gasteiger partial charge in [-0.25, -0.2) is 0 Å². The smallest absolute Gasteiger partial charge is 0.383 e. The molecule has 5 heteroatoms. The van der Waals surface area contributed by atoms with Crippen LogP contribution in [0.15, 0.2) is 24.3 Å². The monoisotopic (exact) mass is 260 g/mol. The van der Waals surface area contributed by atoms with Crippen molar-refractivity contribution in [2.24, 2.45) is 5.73 Å². The number of unbranched alkanes of at least 4 members (excludes halogenated alkanes) is 1. The number of anilines is 1. The normalized spacial score (nSPS) is 13.4. The van der Waals surface area contributed by atoms with Crippen molar-refractivity contribution in [3.05, 3.63) is 29.8 Å². The molecule has 0 fully saturated rings. The standard InChI is InChI=1S/C13H19F3N2/c1-2-3-6-11(17)9-18-12-7-4-5-10(8-12)13(14,15)16/h4-5,7-8,11,18H,2-3,6,9,17H2,1H3. The maximum absolute atomic E-state index is 12.5. The zero-order chi connectivity index (χ0) is 13.6. The molecule has 1 aromatic carbocycles. The molecule has 2 nitrogen and oxygen atoms in total. The van der Waals surface area contributed by atoms with Gasteiger partial charge in [-0.05, 0) is 24.6 Å². The molecule has 0 bridgehead atoms. The largest absolute Gasteiger partial charge is 0.416 e. The van der Waals surface area contributed by atoms with E-state index >= 15 is 0 Å². The van der Waals surface area contributed by atoms with Crippen LogP contribution in [-0.2, 0) is 6.18 Å². The van der Waals surface area contributed by atoms with E-state index in [9.17, 15) is 13.2 Å². The quantitative estimate of drug-likeness (QED) is 0.819. The Hall–Kier alpha value is -1.23. The summed E-state index contributed by atoms with van der Waals surface area (Å²) in [5, 5.41) is 2.94. The maximum Gasteiger partial charge on any atom is 0.416 e. The van der Waals surface area contributed by atoms with Crippen molar-refractivity contribution in [3.63, 3.8) is 0 Å². The summed E-state index contributed by atoms with van der Waals surface area (Å²) >= 11 is 0. The van der Waals surface area contributed by atoms with Gasteiger partial charge in [-0.2, -0.15) is 13.2 Å². The summed E-state index contributed by atoms with van der Waals surface area (Å²) in [4.78, 5) is 0. The molecule has 0 aliphatic carbocycles. The fourth-order valence-corrected chi connectivity index (χ4v) is 1.62. The summed E-state index contributed by atoms with van der Waals surface area (Å²) in [6, 6.07) is 5.14. The van der Waals surface area contributed by atoms with Crippen LogP contribution < -0.4 is 11.1 Å². The Balaban J connectivity index is 2.52. The number of halogens is 3. The SMILES string of the molecule is CCCCC(N)CNc1cccc(C(F)(F)F)c1. The summed E-state index contributed by atoms with van der Waals surface area (Å²) in [5.41, 5.74) is 5.66. The van der Waals surface area contributed by atoms with E-state index in [-0.39, 0.29) is 6.04 Å². The molecule has 0 aromatic heterocycles. The minimum Gasteiger partial charge on any atom is -0.383 e. The minimum atomic E-state index is -4.30. The Morgan fingerprint density at radius 3 is 2.67 bits per heavy atom. The third-order valence-corrected chi connectivity index (χ3v) is 2.69. The van der Waals surface area contributed by atoms with Crippen LogP contribution in [-0.4, -0.2) is 12.6 Å². The molecule has 0 heterocycles. The number of hydrogen-bond donors (Lipinski definition) is 2. The minimum absolute atomic E-state index is 0.0282. The number of nitrogens with two attached hydrogens (primary N) is 1. The van der Waals surface area contributed by atoms with Gasteiger partial charge in [0, 0.05) is 18.3 Å². The first-order valence-electron chi connectivity index (χ1n) is 6.10. The van der Waals surface area contributed by atoms with E-state index in [2.05, 4.69) is 12.2 Å². The van der Waals surface area contributed by atoms with Gasteiger partial charge >= 0.3 is 6.18 Å². The molecule has 0 aliphatic heterocycles. The number of rotatable bonds is 6. The maximum atomic E-state index is 12.5. The van der Waals surface area contributed by atoms with Crippen LogP contribution in [0.4, 0.5) is 18.9 Å². The molecule has 1 aromatic rings. The van der Waals surface area contributed by atoms with E-state index < -0.39 is 11.7 Å². The molecule has 0 saturated carbocycles. The lowest BCUT2D eigenvalue weighted by Crippen LogP contribution is -2.28. The van der Waals surface area contributed by atoms with Crippen molar-refractivity contribution in [3.8, 4) is 0 Å². The highest BCUT2D eigenvalue weighted by Crippen LogP contribution is 2.30. The molecule has 102 valence electrons. The van der Waals surface area contributed by atoms with Crippen LogP contribution in [0.25, 0.3) is 0 Å². The molecule has 0 saturated heterocycles. The van der Waals surface area contributed by atoms with Crippen LogP contribution in [0.1, 0.15) is 31.7 Å². The van der Waals surface area contributed by atoms with Gasteiger partial charge in [0.1, 0.15) is 0 Å². The second-order valence-corrected chi connectivity index (χ2v) is 4.36. The third-order valence-electron chi connectivity index (χ3n) is 2.69. The lowest BCUT2D eigenvalue weighted by molar-refractivity contribution is -0.137. The third kappa shape index (κ3) is 4.96. The predicted octanol–water partition coefficient (Wildman–Crippen LogP) is 3.63. The van der Waals surface area contributed by atoms with Gasteiger partial charge in [-0.1, -0.05) is 25.8 Å². The molecule has 1 atom stereocenters. The van der Waals surface area contributed by atoms with E-state index in [1.165, 1.54) is 6.07 Å².